The third-order valence-electron chi connectivity index (χ3n) is 1.09. The molecule has 0 aliphatic heterocycles. The minimum atomic E-state index is -0.577. The predicted octanol–water partition coefficient (Wildman–Crippen LogP) is -1.07. The van der Waals surface area contributed by atoms with Gasteiger partial charge in [0.15, 0.2) is 0 Å². The number of hydrogen-bond acceptors (Lipinski definition) is 1. The summed E-state index contributed by atoms with van der Waals surface area (Å²) in [7, 11) is 1.79. The fraction of sp³-hybridized carbons (Fsp3) is 0.200. The van der Waals surface area contributed by atoms with Crippen LogP contribution in [0, 0.1) is 0 Å². The van der Waals surface area contributed by atoms with E-state index in [9.17, 15) is 4.79 Å². The number of nitrogens with zero attached hydrogens (tertiary/aromatic N) is 2. The summed E-state index contributed by atoms with van der Waals surface area (Å²) in [6, 6.07) is 1.21. The highest BCUT2D eigenvalue weighted by molar-refractivity contribution is 5.79. The first-order chi connectivity index (χ1) is 4.70. The average Bonchev–Trinajstić information content (AvgIpc) is 2.15. The van der Waals surface area contributed by atoms with Crippen LogP contribution in [-0.4, -0.2) is 10.8 Å². The lowest BCUT2D eigenvalue weighted by Crippen LogP contribution is -2.46. The lowest BCUT2D eigenvalue weighted by atomic mass is 10.8. The Labute approximate surface area is 58.0 Å². The molecule has 0 bridgehead atoms. The second-order valence-corrected chi connectivity index (χ2v) is 1.88. The Morgan fingerprint density at radius 2 is 2.50 bits per heavy atom. The minimum Gasteiger partial charge on any atom is -0.330 e. The Hall–Kier alpha value is -1.52. The zero-order chi connectivity index (χ0) is 7.56. The van der Waals surface area contributed by atoms with Gasteiger partial charge >= 0.3 is 6.03 Å². The number of carbonyl (C=O) groups is 1. The number of aryl methyl sites for hydroxylation is 1. The number of amides is 2. The van der Waals surface area contributed by atoms with Crippen LogP contribution < -0.4 is 15.8 Å². The fourth-order valence-electron chi connectivity index (χ4n) is 0.651. The average molecular weight is 141 g/mol. The molecule has 10 heavy (non-hydrogen) atoms. The van der Waals surface area contributed by atoms with E-state index in [0.717, 1.165) is 0 Å². The van der Waals surface area contributed by atoms with Crippen molar-refractivity contribution in [2.24, 2.45) is 12.8 Å². The van der Waals surface area contributed by atoms with Crippen molar-refractivity contribution in [2.75, 3.05) is 5.43 Å². The normalized spacial score (nSPS) is 9.30. The van der Waals surface area contributed by atoms with E-state index >= 15 is 0 Å². The number of rotatable bonds is 1. The van der Waals surface area contributed by atoms with Gasteiger partial charge in [-0.15, -0.1) is 5.43 Å². The minimum absolute atomic E-state index is 0.577. The molecular weight excluding hydrogens is 132 g/mol. The molecule has 5 nitrogen and oxygen atoms in total. The molecular formula is C5H9N4O+. The van der Waals surface area contributed by atoms with E-state index < -0.39 is 6.03 Å². The number of primary amides is 1. The zero-order valence-electron chi connectivity index (χ0n) is 5.61. The molecule has 0 saturated heterocycles. The summed E-state index contributed by atoms with van der Waals surface area (Å²) in [5, 5.41) is 0. The molecule has 3 N–H and O–H groups in total. The SMILES string of the molecule is C[n+]1cccn1NC(N)=O. The molecule has 0 radical (unpaired) electrons. The van der Waals surface area contributed by atoms with Crippen molar-refractivity contribution in [1.29, 1.82) is 0 Å². The third kappa shape index (κ3) is 1.25. The largest absolute Gasteiger partial charge is 0.422 e. The van der Waals surface area contributed by atoms with E-state index in [1.165, 1.54) is 4.79 Å². The lowest BCUT2D eigenvalue weighted by molar-refractivity contribution is -0.748. The first-order valence-electron chi connectivity index (χ1n) is 2.80. The van der Waals surface area contributed by atoms with Gasteiger partial charge in [-0.2, -0.15) is 4.68 Å². The molecule has 1 aromatic rings. The first-order valence-corrected chi connectivity index (χ1v) is 2.80. The van der Waals surface area contributed by atoms with Crippen molar-refractivity contribution in [2.45, 2.75) is 0 Å². The van der Waals surface area contributed by atoms with E-state index in [1.807, 2.05) is 0 Å². The maximum atomic E-state index is 10.3. The lowest BCUT2D eigenvalue weighted by Gasteiger charge is -1.95. The van der Waals surface area contributed by atoms with Crippen LogP contribution in [-0.2, 0) is 7.05 Å². The Kier molecular flexibility index (Phi) is 1.57. The monoisotopic (exact) mass is 141 g/mol. The van der Waals surface area contributed by atoms with Gasteiger partial charge in [-0.1, -0.05) is 4.79 Å². The second kappa shape index (κ2) is 2.38. The van der Waals surface area contributed by atoms with Crippen LogP contribution in [0.2, 0.25) is 0 Å². The molecule has 0 saturated carbocycles. The Morgan fingerprint density at radius 3 is 2.90 bits per heavy atom. The van der Waals surface area contributed by atoms with Gasteiger partial charge in [-0.05, 0) is 0 Å². The maximum Gasteiger partial charge on any atom is 0.422 e. The molecule has 0 unspecified atom stereocenters. The van der Waals surface area contributed by atoms with Gasteiger partial charge in [0.2, 0.25) is 0 Å². The van der Waals surface area contributed by atoms with E-state index in [0.29, 0.717) is 0 Å². The van der Waals surface area contributed by atoms with Crippen LogP contribution in [0.15, 0.2) is 18.5 Å². The van der Waals surface area contributed by atoms with Gasteiger partial charge in [-0.25, -0.2) is 4.79 Å². The van der Waals surface area contributed by atoms with Crippen molar-refractivity contribution >= 4 is 6.03 Å². The van der Waals surface area contributed by atoms with E-state index in [1.54, 1.807) is 30.2 Å². The molecule has 0 spiro atoms. The Bertz CT molecular complexity index is 242. The Morgan fingerprint density at radius 1 is 1.80 bits per heavy atom. The van der Waals surface area contributed by atoms with Crippen LogP contribution in [0.4, 0.5) is 4.79 Å². The summed E-state index contributed by atoms with van der Waals surface area (Å²) in [6.45, 7) is 0. The first kappa shape index (κ1) is 6.60. The van der Waals surface area contributed by atoms with Crippen LogP contribution in [0.3, 0.4) is 0 Å². The number of nitrogens with one attached hydrogen (secondary N) is 1. The fourth-order valence-corrected chi connectivity index (χ4v) is 0.651. The van der Waals surface area contributed by atoms with Gasteiger partial charge in [0.1, 0.15) is 13.2 Å². The number of urea groups is 1. The number of nitrogens with two attached hydrogens (primary N) is 1. The van der Waals surface area contributed by atoms with Crippen LogP contribution in [0.5, 0.6) is 0 Å². The highest BCUT2D eigenvalue weighted by Crippen LogP contribution is 1.74. The molecule has 1 aromatic heterocycles. The molecule has 0 aliphatic rings. The summed E-state index contributed by atoms with van der Waals surface area (Å²) < 4.78 is 1.69. The van der Waals surface area contributed by atoms with E-state index in [4.69, 9.17) is 5.73 Å². The third-order valence-corrected chi connectivity index (χ3v) is 1.09. The van der Waals surface area contributed by atoms with Crippen molar-refractivity contribution in [3.05, 3.63) is 18.5 Å². The molecule has 0 atom stereocenters. The smallest absolute Gasteiger partial charge is 0.330 e. The second-order valence-electron chi connectivity index (χ2n) is 1.88. The molecule has 1 rings (SSSR count). The standard InChI is InChI=1S/C5H8N4O/c1-8-3-2-4-9(8)7-5(6)10/h2-4H,1H3,(H2-,6,7,10)/p+1. The van der Waals surface area contributed by atoms with Crippen LogP contribution >= 0.6 is 0 Å². The molecule has 0 aliphatic carbocycles. The van der Waals surface area contributed by atoms with Gasteiger partial charge in [0.25, 0.3) is 0 Å². The number of carbonyl (C=O) groups excluding carboxylic acids is 1. The Balaban J connectivity index is 2.74. The predicted molar refractivity (Wildman–Crippen MR) is 34.6 cm³/mol. The summed E-state index contributed by atoms with van der Waals surface area (Å²) >= 11 is 0. The van der Waals surface area contributed by atoms with Crippen molar-refractivity contribution < 1.29 is 9.48 Å². The van der Waals surface area contributed by atoms with E-state index in [2.05, 4.69) is 5.43 Å². The van der Waals surface area contributed by atoms with E-state index in [-0.39, 0.29) is 0 Å². The molecule has 54 valence electrons. The summed E-state index contributed by atoms with van der Waals surface area (Å²) in [4.78, 5) is 11.8. The highest BCUT2D eigenvalue weighted by atomic mass is 16.2. The molecule has 0 fully saturated rings. The molecule has 0 aromatic carbocycles. The van der Waals surface area contributed by atoms with Gasteiger partial charge in [0.05, 0.1) is 6.20 Å². The van der Waals surface area contributed by atoms with Crippen LogP contribution in [0.1, 0.15) is 0 Å². The molecule has 2 amide bonds. The topological polar surface area (TPSA) is 63.9 Å². The quantitative estimate of drug-likeness (QED) is 0.481. The molecule has 1 heterocycles. The summed E-state index contributed by atoms with van der Waals surface area (Å²) in [5.74, 6) is 0. The highest BCUT2D eigenvalue weighted by Gasteiger charge is 2.02. The van der Waals surface area contributed by atoms with Crippen molar-refractivity contribution in [3.8, 4) is 0 Å². The van der Waals surface area contributed by atoms with Crippen LogP contribution in [0.25, 0.3) is 0 Å². The number of aromatic nitrogens is 2. The van der Waals surface area contributed by atoms with Gasteiger partial charge in [0, 0.05) is 6.07 Å². The van der Waals surface area contributed by atoms with Gasteiger partial charge in [-0.3, -0.25) is 0 Å². The number of hydrogen-bond donors (Lipinski definition) is 2. The zero-order valence-corrected chi connectivity index (χ0v) is 5.61. The maximum absolute atomic E-state index is 10.3. The van der Waals surface area contributed by atoms with Crippen molar-refractivity contribution in [1.82, 2.24) is 4.79 Å². The summed E-state index contributed by atoms with van der Waals surface area (Å²) in [6.07, 6.45) is 3.47. The molecule has 5 heteroatoms. The summed E-state index contributed by atoms with van der Waals surface area (Å²) in [5.41, 5.74) is 7.24. The van der Waals surface area contributed by atoms with Crippen molar-refractivity contribution in [3.63, 3.8) is 0 Å². The van der Waals surface area contributed by atoms with Gasteiger partial charge < -0.3 is 5.73 Å².